The van der Waals surface area contributed by atoms with Crippen molar-refractivity contribution in [1.82, 2.24) is 4.90 Å². The summed E-state index contributed by atoms with van der Waals surface area (Å²) < 4.78 is 5.46. The van der Waals surface area contributed by atoms with Crippen molar-refractivity contribution in [3.05, 3.63) is 35.9 Å². The van der Waals surface area contributed by atoms with Crippen LogP contribution in [0.2, 0.25) is 0 Å². The van der Waals surface area contributed by atoms with Crippen LogP contribution in [0.4, 0.5) is 4.79 Å². The molecule has 1 fully saturated rings. The van der Waals surface area contributed by atoms with E-state index in [1.165, 1.54) is 0 Å². The number of hydrogen-bond acceptors (Lipinski definition) is 2. The van der Waals surface area contributed by atoms with Crippen molar-refractivity contribution in [2.24, 2.45) is 0 Å². The monoisotopic (exact) mass is 247 g/mol. The van der Waals surface area contributed by atoms with Crippen LogP contribution in [-0.2, 0) is 11.3 Å². The van der Waals surface area contributed by atoms with E-state index in [0.29, 0.717) is 12.6 Å². The van der Waals surface area contributed by atoms with E-state index in [9.17, 15) is 4.79 Å². The van der Waals surface area contributed by atoms with Crippen LogP contribution in [0.15, 0.2) is 30.3 Å². The van der Waals surface area contributed by atoms with E-state index in [1.54, 1.807) is 0 Å². The van der Waals surface area contributed by atoms with Crippen molar-refractivity contribution in [1.29, 1.82) is 0 Å². The number of hydrogen-bond donors (Lipinski definition) is 0. The Bertz CT molecular complexity index is 404. The molecule has 3 heteroatoms. The van der Waals surface area contributed by atoms with Crippen LogP contribution >= 0.6 is 0 Å². The highest BCUT2D eigenvalue weighted by Gasteiger charge is 2.35. The second-order valence-electron chi connectivity index (χ2n) is 5.83. The van der Waals surface area contributed by atoms with E-state index in [-0.39, 0.29) is 6.09 Å². The number of carbonyl (C=O) groups is 1. The molecule has 0 spiro atoms. The Morgan fingerprint density at radius 2 is 1.89 bits per heavy atom. The van der Waals surface area contributed by atoms with E-state index in [4.69, 9.17) is 4.74 Å². The first-order valence-electron chi connectivity index (χ1n) is 6.49. The molecule has 0 bridgehead atoms. The molecule has 0 N–H and O–H groups in total. The average molecular weight is 247 g/mol. The third-order valence-electron chi connectivity index (χ3n) is 2.81. The highest BCUT2D eigenvalue weighted by Crippen LogP contribution is 2.29. The molecule has 18 heavy (non-hydrogen) atoms. The first-order chi connectivity index (χ1) is 8.46. The minimum absolute atomic E-state index is 0.200. The molecule has 0 aromatic heterocycles. The summed E-state index contributed by atoms with van der Waals surface area (Å²) in [6, 6.07) is 10.4. The molecule has 0 unspecified atom stereocenters. The van der Waals surface area contributed by atoms with E-state index < -0.39 is 5.60 Å². The van der Waals surface area contributed by atoms with Crippen molar-refractivity contribution in [3.8, 4) is 0 Å². The van der Waals surface area contributed by atoms with Crippen molar-refractivity contribution in [2.75, 3.05) is 0 Å². The molecule has 0 radical (unpaired) electrons. The van der Waals surface area contributed by atoms with Gasteiger partial charge in [0.2, 0.25) is 0 Å². The van der Waals surface area contributed by atoms with Gasteiger partial charge in [0.05, 0.1) is 0 Å². The number of nitrogens with zero attached hydrogens (tertiary/aromatic N) is 1. The lowest BCUT2D eigenvalue weighted by molar-refractivity contribution is 0.0216. The minimum Gasteiger partial charge on any atom is -0.444 e. The smallest absolute Gasteiger partial charge is 0.410 e. The minimum atomic E-state index is -0.430. The normalized spacial score (nSPS) is 15.3. The van der Waals surface area contributed by atoms with Gasteiger partial charge in [-0.15, -0.1) is 0 Å². The number of rotatable bonds is 3. The first kappa shape index (κ1) is 12.9. The molecule has 1 amide bonds. The summed E-state index contributed by atoms with van der Waals surface area (Å²) in [4.78, 5) is 14.0. The predicted octanol–water partition coefficient (Wildman–Crippen LogP) is 3.59. The Balaban J connectivity index is 2.02. The maximum absolute atomic E-state index is 12.1. The summed E-state index contributed by atoms with van der Waals surface area (Å²) in [5.74, 6) is 0. The Hall–Kier alpha value is -1.51. The molecular weight excluding hydrogens is 226 g/mol. The molecule has 1 aliphatic carbocycles. The Kier molecular flexibility index (Phi) is 3.60. The first-order valence-corrected chi connectivity index (χ1v) is 6.49. The zero-order valence-electron chi connectivity index (χ0n) is 11.3. The van der Waals surface area contributed by atoms with Crippen LogP contribution in [0.1, 0.15) is 39.2 Å². The van der Waals surface area contributed by atoms with Crippen LogP contribution < -0.4 is 0 Å². The molecule has 1 aliphatic rings. The van der Waals surface area contributed by atoms with Gasteiger partial charge in [0.25, 0.3) is 0 Å². The second kappa shape index (κ2) is 5.01. The molecule has 98 valence electrons. The second-order valence-corrected chi connectivity index (χ2v) is 5.83. The summed E-state index contributed by atoms with van der Waals surface area (Å²) in [6.45, 7) is 6.34. The SMILES string of the molecule is CC(C)(C)OC(=O)N(Cc1ccccc1)C1CC1. The number of benzene rings is 1. The third-order valence-corrected chi connectivity index (χ3v) is 2.81. The van der Waals surface area contributed by atoms with Crippen LogP contribution in [-0.4, -0.2) is 22.6 Å². The van der Waals surface area contributed by atoms with Crippen LogP contribution in [0, 0.1) is 0 Å². The fourth-order valence-electron chi connectivity index (χ4n) is 1.83. The summed E-state index contributed by atoms with van der Waals surface area (Å²) in [5.41, 5.74) is 0.719. The highest BCUT2D eigenvalue weighted by molar-refractivity contribution is 5.69. The van der Waals surface area contributed by atoms with Crippen molar-refractivity contribution >= 4 is 6.09 Å². The largest absolute Gasteiger partial charge is 0.444 e. The van der Waals surface area contributed by atoms with E-state index in [2.05, 4.69) is 0 Å². The topological polar surface area (TPSA) is 29.5 Å². The lowest BCUT2D eigenvalue weighted by Gasteiger charge is -2.27. The molecule has 1 aromatic carbocycles. The molecule has 1 aromatic rings. The van der Waals surface area contributed by atoms with Gasteiger partial charge in [-0.1, -0.05) is 30.3 Å². The molecule has 0 atom stereocenters. The Morgan fingerprint density at radius 3 is 2.39 bits per heavy atom. The van der Waals surface area contributed by atoms with Gasteiger partial charge in [0, 0.05) is 12.6 Å². The van der Waals surface area contributed by atoms with Gasteiger partial charge >= 0.3 is 6.09 Å². The Morgan fingerprint density at radius 1 is 1.28 bits per heavy atom. The standard InChI is InChI=1S/C15H21NO2/c1-15(2,3)18-14(17)16(13-9-10-13)11-12-7-5-4-6-8-12/h4-8,13H,9-11H2,1-3H3. The molecule has 0 saturated heterocycles. The Labute approximate surface area is 109 Å². The number of carbonyl (C=O) groups excluding carboxylic acids is 1. The molecule has 0 heterocycles. The van der Waals surface area contributed by atoms with Gasteiger partial charge in [0.15, 0.2) is 0 Å². The van der Waals surface area contributed by atoms with E-state index in [0.717, 1.165) is 18.4 Å². The van der Waals surface area contributed by atoms with Gasteiger partial charge in [0.1, 0.15) is 5.60 Å². The number of ether oxygens (including phenoxy) is 1. The van der Waals surface area contributed by atoms with Crippen LogP contribution in [0.5, 0.6) is 0 Å². The van der Waals surface area contributed by atoms with E-state index in [1.807, 2.05) is 56.0 Å². The third kappa shape index (κ3) is 3.76. The quantitative estimate of drug-likeness (QED) is 0.817. The zero-order chi connectivity index (χ0) is 13.2. The van der Waals surface area contributed by atoms with Gasteiger partial charge in [-0.05, 0) is 39.2 Å². The zero-order valence-corrected chi connectivity index (χ0v) is 11.3. The molecular formula is C15H21NO2. The van der Waals surface area contributed by atoms with Crippen LogP contribution in [0.25, 0.3) is 0 Å². The molecule has 2 rings (SSSR count). The van der Waals surface area contributed by atoms with Crippen molar-refractivity contribution < 1.29 is 9.53 Å². The van der Waals surface area contributed by atoms with Crippen molar-refractivity contribution in [2.45, 2.75) is 51.8 Å². The summed E-state index contributed by atoms with van der Waals surface area (Å²) in [5, 5.41) is 0. The summed E-state index contributed by atoms with van der Waals surface area (Å²) in [7, 11) is 0. The van der Waals surface area contributed by atoms with Crippen molar-refractivity contribution in [3.63, 3.8) is 0 Å². The molecule has 3 nitrogen and oxygen atoms in total. The van der Waals surface area contributed by atoms with Gasteiger partial charge in [-0.3, -0.25) is 0 Å². The lowest BCUT2D eigenvalue weighted by Crippen LogP contribution is -2.37. The van der Waals surface area contributed by atoms with Gasteiger partial charge in [-0.25, -0.2) is 4.79 Å². The maximum atomic E-state index is 12.1. The molecule has 1 saturated carbocycles. The van der Waals surface area contributed by atoms with E-state index >= 15 is 0 Å². The van der Waals surface area contributed by atoms with Gasteiger partial charge < -0.3 is 9.64 Å². The molecule has 0 aliphatic heterocycles. The fourth-order valence-corrected chi connectivity index (χ4v) is 1.83. The van der Waals surface area contributed by atoms with Gasteiger partial charge in [-0.2, -0.15) is 0 Å². The summed E-state index contributed by atoms with van der Waals surface area (Å²) >= 11 is 0. The highest BCUT2D eigenvalue weighted by atomic mass is 16.6. The number of amides is 1. The average Bonchev–Trinajstić information content (AvgIpc) is 3.08. The maximum Gasteiger partial charge on any atom is 0.410 e. The summed E-state index contributed by atoms with van der Waals surface area (Å²) in [6.07, 6.45) is 1.98. The predicted molar refractivity (Wildman–Crippen MR) is 71.2 cm³/mol. The lowest BCUT2D eigenvalue weighted by atomic mass is 10.2. The van der Waals surface area contributed by atoms with Crippen LogP contribution in [0.3, 0.4) is 0 Å². The fraction of sp³-hybridized carbons (Fsp3) is 0.533.